The first-order valence-electron chi connectivity index (χ1n) is 8.55. The van der Waals surface area contributed by atoms with E-state index in [0.29, 0.717) is 22.6 Å². The van der Waals surface area contributed by atoms with Gasteiger partial charge in [0.2, 0.25) is 0 Å². The molecule has 154 valence electrons. The highest BCUT2D eigenvalue weighted by Crippen LogP contribution is 2.29. The number of alkyl halides is 3. The monoisotopic (exact) mass is 407 g/mol. The fraction of sp³-hybridized carbons (Fsp3) is 0.300. The third-order valence-corrected chi connectivity index (χ3v) is 4.11. The molecule has 1 atom stereocenters. The van der Waals surface area contributed by atoms with E-state index in [-0.39, 0.29) is 13.1 Å². The summed E-state index contributed by atoms with van der Waals surface area (Å²) in [4.78, 5) is 13.8. The molecule has 0 aliphatic rings. The number of aliphatic hydroxyl groups excluding tert-OH is 1. The maximum atomic E-state index is 12.6. The van der Waals surface area contributed by atoms with Gasteiger partial charge in [0.1, 0.15) is 17.9 Å². The Labute approximate surface area is 166 Å². The van der Waals surface area contributed by atoms with Crippen LogP contribution in [-0.2, 0) is 17.5 Å². The van der Waals surface area contributed by atoms with Crippen LogP contribution in [0.15, 0.2) is 42.5 Å². The lowest BCUT2D eigenvalue weighted by atomic mass is 10.1. The molecule has 0 aliphatic carbocycles. The van der Waals surface area contributed by atoms with Gasteiger partial charge in [-0.15, -0.1) is 0 Å². The van der Waals surface area contributed by atoms with E-state index in [1.807, 2.05) is 6.07 Å². The van der Waals surface area contributed by atoms with Crippen LogP contribution < -0.4 is 10.1 Å². The number of ether oxygens (including phenoxy) is 1. The summed E-state index contributed by atoms with van der Waals surface area (Å²) >= 11 is 0. The summed E-state index contributed by atoms with van der Waals surface area (Å²) in [6.45, 7) is 0.230. The van der Waals surface area contributed by atoms with Crippen molar-refractivity contribution < 1.29 is 27.8 Å². The number of aliphatic hydroxyl groups is 1. The first kappa shape index (κ1) is 22.2. The molecule has 0 saturated carbocycles. The highest BCUT2D eigenvalue weighted by molar-refractivity contribution is 5.94. The lowest BCUT2D eigenvalue weighted by Crippen LogP contribution is -2.37. The van der Waals surface area contributed by atoms with Crippen LogP contribution in [0.3, 0.4) is 0 Å². The second kappa shape index (κ2) is 9.41. The molecule has 2 aromatic rings. The second-order valence-electron chi connectivity index (χ2n) is 6.42. The number of nitriles is 1. The maximum absolute atomic E-state index is 12.6. The van der Waals surface area contributed by atoms with E-state index in [9.17, 15) is 23.1 Å². The Balaban J connectivity index is 1.92. The standard InChI is InChI=1S/C20H20F3N3O3/c1-26(11-13-3-6-15(7-4-13)20(21,22)23)12-17(27)19(28)25-16-8-5-14(10-24)18(9-16)29-2/h3-9,17,27H,11-12H2,1-2H3,(H,25,28). The van der Waals surface area contributed by atoms with Gasteiger partial charge >= 0.3 is 6.18 Å². The van der Waals surface area contributed by atoms with Gasteiger partial charge in [-0.3, -0.25) is 9.69 Å². The number of carbonyl (C=O) groups excluding carboxylic acids is 1. The average Bonchev–Trinajstić information content (AvgIpc) is 2.67. The Bertz CT molecular complexity index is 893. The summed E-state index contributed by atoms with van der Waals surface area (Å²) in [5.74, 6) is -0.366. The van der Waals surface area contributed by atoms with Crippen molar-refractivity contribution in [2.24, 2.45) is 0 Å². The van der Waals surface area contributed by atoms with E-state index in [1.54, 1.807) is 11.9 Å². The van der Waals surface area contributed by atoms with E-state index in [2.05, 4.69) is 5.32 Å². The summed E-state index contributed by atoms with van der Waals surface area (Å²) < 4.78 is 42.9. The number of likely N-dealkylation sites (N-methyl/N-ethyl adjacent to an activating group) is 1. The predicted molar refractivity (Wildman–Crippen MR) is 100 cm³/mol. The molecule has 1 amide bonds. The quantitative estimate of drug-likeness (QED) is 0.737. The number of nitrogens with zero attached hydrogens (tertiary/aromatic N) is 2. The number of benzene rings is 2. The van der Waals surface area contributed by atoms with E-state index < -0.39 is 23.8 Å². The van der Waals surface area contributed by atoms with Crippen molar-refractivity contribution in [3.8, 4) is 11.8 Å². The molecule has 0 fully saturated rings. The molecular weight excluding hydrogens is 387 g/mol. The molecule has 0 saturated heterocycles. The number of halogens is 3. The van der Waals surface area contributed by atoms with Crippen LogP contribution in [0.4, 0.5) is 18.9 Å². The predicted octanol–water partition coefficient (Wildman–Crippen LogP) is 3.02. The van der Waals surface area contributed by atoms with Crippen LogP contribution in [0.25, 0.3) is 0 Å². The lowest BCUT2D eigenvalue weighted by molar-refractivity contribution is -0.137. The smallest absolute Gasteiger partial charge is 0.416 e. The third kappa shape index (κ3) is 6.20. The average molecular weight is 407 g/mol. The molecule has 0 aromatic heterocycles. The highest BCUT2D eigenvalue weighted by atomic mass is 19.4. The Hall–Kier alpha value is -3.09. The number of hydrogen-bond donors (Lipinski definition) is 2. The number of hydrogen-bond acceptors (Lipinski definition) is 5. The van der Waals surface area contributed by atoms with Crippen molar-refractivity contribution in [1.82, 2.24) is 4.90 Å². The number of anilines is 1. The number of amides is 1. The molecule has 0 heterocycles. The van der Waals surface area contributed by atoms with Gasteiger partial charge in [-0.05, 0) is 36.9 Å². The topological polar surface area (TPSA) is 85.6 Å². The highest BCUT2D eigenvalue weighted by Gasteiger charge is 2.30. The first-order chi connectivity index (χ1) is 13.6. The largest absolute Gasteiger partial charge is 0.495 e. The fourth-order valence-electron chi connectivity index (χ4n) is 2.64. The van der Waals surface area contributed by atoms with Crippen molar-refractivity contribution in [3.05, 3.63) is 59.2 Å². The molecule has 2 rings (SSSR count). The lowest BCUT2D eigenvalue weighted by Gasteiger charge is -2.20. The Kier molecular flexibility index (Phi) is 7.20. The normalized spacial score (nSPS) is 12.3. The second-order valence-corrected chi connectivity index (χ2v) is 6.42. The summed E-state index contributed by atoms with van der Waals surface area (Å²) in [5, 5.41) is 21.6. The van der Waals surface area contributed by atoms with Gasteiger partial charge in [0.05, 0.1) is 18.2 Å². The molecule has 0 aliphatic heterocycles. The van der Waals surface area contributed by atoms with E-state index in [0.717, 1.165) is 12.1 Å². The van der Waals surface area contributed by atoms with Crippen molar-refractivity contribution in [2.45, 2.75) is 18.8 Å². The molecule has 1 unspecified atom stereocenters. The molecule has 0 radical (unpaired) electrons. The molecule has 2 aromatic carbocycles. The van der Waals surface area contributed by atoms with Crippen LogP contribution in [0.1, 0.15) is 16.7 Å². The van der Waals surface area contributed by atoms with Gasteiger partial charge in [0, 0.05) is 24.8 Å². The fourth-order valence-corrected chi connectivity index (χ4v) is 2.64. The van der Waals surface area contributed by atoms with Crippen molar-refractivity contribution in [1.29, 1.82) is 5.26 Å². The van der Waals surface area contributed by atoms with E-state index in [4.69, 9.17) is 10.00 Å². The van der Waals surface area contributed by atoms with Crippen molar-refractivity contribution >= 4 is 11.6 Å². The van der Waals surface area contributed by atoms with Gasteiger partial charge in [0.15, 0.2) is 0 Å². The number of carbonyl (C=O) groups is 1. The summed E-state index contributed by atoms with van der Waals surface area (Å²) in [6, 6.07) is 11.1. The molecule has 2 N–H and O–H groups in total. The molecule has 9 heteroatoms. The zero-order valence-corrected chi connectivity index (χ0v) is 15.8. The van der Waals surface area contributed by atoms with Gasteiger partial charge in [-0.25, -0.2) is 0 Å². The Morgan fingerprint density at radius 3 is 2.48 bits per heavy atom. The summed E-state index contributed by atoms with van der Waals surface area (Å²) in [6.07, 6.45) is -5.76. The minimum atomic E-state index is -4.40. The zero-order chi connectivity index (χ0) is 21.6. The Morgan fingerprint density at radius 2 is 1.93 bits per heavy atom. The SMILES string of the molecule is COc1cc(NC(=O)C(O)CN(C)Cc2ccc(C(F)(F)F)cc2)ccc1C#N. The number of methoxy groups -OCH3 is 1. The van der Waals surface area contributed by atoms with Crippen molar-refractivity contribution in [2.75, 3.05) is 26.0 Å². The Morgan fingerprint density at radius 1 is 1.28 bits per heavy atom. The van der Waals surface area contributed by atoms with Crippen LogP contribution in [-0.4, -0.2) is 42.7 Å². The molecule has 0 spiro atoms. The van der Waals surface area contributed by atoms with E-state index in [1.165, 1.54) is 37.4 Å². The van der Waals surface area contributed by atoms with Gasteiger partial charge in [0.25, 0.3) is 5.91 Å². The van der Waals surface area contributed by atoms with E-state index >= 15 is 0 Å². The zero-order valence-electron chi connectivity index (χ0n) is 15.8. The number of rotatable bonds is 7. The minimum absolute atomic E-state index is 0.0275. The molecular formula is C20H20F3N3O3. The molecule has 0 bridgehead atoms. The van der Waals surface area contributed by atoms with Crippen LogP contribution in [0, 0.1) is 11.3 Å². The van der Waals surface area contributed by atoms with Gasteiger partial charge in [-0.2, -0.15) is 18.4 Å². The summed E-state index contributed by atoms with van der Waals surface area (Å²) in [7, 11) is 3.03. The maximum Gasteiger partial charge on any atom is 0.416 e. The van der Waals surface area contributed by atoms with Gasteiger partial charge < -0.3 is 15.2 Å². The molecule has 29 heavy (non-hydrogen) atoms. The number of nitrogens with one attached hydrogen (secondary N) is 1. The summed E-state index contributed by atoms with van der Waals surface area (Å²) in [5.41, 5.74) is 0.545. The van der Waals surface area contributed by atoms with Crippen LogP contribution in [0.5, 0.6) is 5.75 Å². The van der Waals surface area contributed by atoms with Crippen LogP contribution >= 0.6 is 0 Å². The van der Waals surface area contributed by atoms with Crippen LogP contribution in [0.2, 0.25) is 0 Å². The third-order valence-electron chi connectivity index (χ3n) is 4.11. The minimum Gasteiger partial charge on any atom is -0.495 e. The van der Waals surface area contributed by atoms with Gasteiger partial charge in [-0.1, -0.05) is 12.1 Å². The first-order valence-corrected chi connectivity index (χ1v) is 8.55. The van der Waals surface area contributed by atoms with Crippen molar-refractivity contribution in [3.63, 3.8) is 0 Å². The molecule has 6 nitrogen and oxygen atoms in total.